The normalized spacial score (nSPS) is 12.7. The van der Waals surface area contributed by atoms with Gasteiger partial charge in [-0.2, -0.15) is 0 Å². The van der Waals surface area contributed by atoms with Gasteiger partial charge in [0.15, 0.2) is 0 Å². The van der Waals surface area contributed by atoms with Crippen molar-refractivity contribution in [2.24, 2.45) is 0 Å². The monoisotopic (exact) mass is 257 g/mol. The molecule has 0 heterocycles. The first kappa shape index (κ1) is 15.1. The maximum absolute atomic E-state index is 13.5. The fraction of sp³-hybridized carbons (Fsp3) is 0.571. The van der Waals surface area contributed by atoms with Gasteiger partial charge in [0, 0.05) is 19.3 Å². The summed E-state index contributed by atoms with van der Waals surface area (Å²) in [5.74, 6) is -0.739. The van der Waals surface area contributed by atoms with Crippen molar-refractivity contribution in [3.63, 3.8) is 0 Å². The third-order valence-electron chi connectivity index (χ3n) is 2.93. The Kier molecular flexibility index (Phi) is 6.83. The van der Waals surface area contributed by atoms with Gasteiger partial charge >= 0.3 is 0 Å². The van der Waals surface area contributed by atoms with Crippen molar-refractivity contribution in [2.75, 3.05) is 20.3 Å². The predicted molar refractivity (Wildman–Crippen MR) is 68.6 cm³/mol. The molecule has 0 spiro atoms. The van der Waals surface area contributed by atoms with Crippen molar-refractivity contribution in [3.8, 4) is 0 Å². The maximum Gasteiger partial charge on any atom is 0.126 e. The molecule has 0 aliphatic heterocycles. The van der Waals surface area contributed by atoms with E-state index in [4.69, 9.17) is 4.74 Å². The summed E-state index contributed by atoms with van der Waals surface area (Å²) in [5, 5.41) is 3.13. The van der Waals surface area contributed by atoms with Crippen LogP contribution in [0.4, 0.5) is 8.78 Å². The van der Waals surface area contributed by atoms with E-state index in [0.29, 0.717) is 25.2 Å². The summed E-state index contributed by atoms with van der Waals surface area (Å²) < 4.78 is 31.8. The lowest BCUT2D eigenvalue weighted by Gasteiger charge is -2.16. The average molecular weight is 257 g/mol. The van der Waals surface area contributed by atoms with E-state index in [1.165, 1.54) is 12.1 Å². The van der Waals surface area contributed by atoms with Crippen LogP contribution in [0, 0.1) is 11.6 Å². The van der Waals surface area contributed by atoms with E-state index >= 15 is 0 Å². The highest BCUT2D eigenvalue weighted by Crippen LogP contribution is 2.13. The molecule has 2 nitrogen and oxygen atoms in total. The van der Waals surface area contributed by atoms with Gasteiger partial charge in [-0.1, -0.05) is 0 Å². The zero-order valence-corrected chi connectivity index (χ0v) is 11.0. The number of hydrogen-bond acceptors (Lipinski definition) is 2. The van der Waals surface area contributed by atoms with Gasteiger partial charge in [-0.3, -0.25) is 0 Å². The Bertz CT molecular complexity index is 358. The lowest BCUT2D eigenvalue weighted by atomic mass is 10.0. The molecule has 0 aliphatic rings. The summed E-state index contributed by atoms with van der Waals surface area (Å²) in [5.41, 5.74) is 0.422. The number of benzene rings is 1. The van der Waals surface area contributed by atoms with Gasteiger partial charge < -0.3 is 10.1 Å². The number of likely N-dealkylation sites (N-methyl/N-ethyl adjacent to an activating group) is 1. The van der Waals surface area contributed by atoms with E-state index in [1.54, 1.807) is 0 Å². The minimum atomic E-state index is -0.393. The third-order valence-corrected chi connectivity index (χ3v) is 2.93. The lowest BCUT2D eigenvalue weighted by Crippen LogP contribution is -2.28. The molecule has 0 bridgehead atoms. The number of halogens is 2. The molecule has 0 fully saturated rings. The number of ether oxygens (including phenoxy) is 1. The van der Waals surface area contributed by atoms with Crippen LogP contribution in [0.5, 0.6) is 0 Å². The highest BCUT2D eigenvalue weighted by atomic mass is 19.1. The molecule has 0 aromatic heterocycles. The summed E-state index contributed by atoms with van der Waals surface area (Å²) in [6.45, 7) is 3.38. The fourth-order valence-corrected chi connectivity index (χ4v) is 1.89. The fourth-order valence-electron chi connectivity index (χ4n) is 1.89. The Morgan fingerprint density at radius 2 is 2.11 bits per heavy atom. The maximum atomic E-state index is 13.5. The topological polar surface area (TPSA) is 21.3 Å². The quantitative estimate of drug-likeness (QED) is 0.723. The summed E-state index contributed by atoms with van der Waals surface area (Å²) >= 11 is 0. The van der Waals surface area contributed by atoms with E-state index in [-0.39, 0.29) is 11.9 Å². The van der Waals surface area contributed by atoms with Crippen molar-refractivity contribution < 1.29 is 13.5 Å². The molecule has 0 aliphatic carbocycles. The highest BCUT2D eigenvalue weighted by molar-refractivity contribution is 5.19. The standard InChI is InChI=1S/C14H21F2NO/c1-3-18-8-4-5-13(17-2)10-11-9-12(15)6-7-14(11)16/h6-7,9,13,17H,3-5,8,10H2,1-2H3. The Morgan fingerprint density at radius 1 is 1.33 bits per heavy atom. The minimum Gasteiger partial charge on any atom is -0.382 e. The first-order valence-corrected chi connectivity index (χ1v) is 6.36. The molecular weight excluding hydrogens is 236 g/mol. The van der Waals surface area contributed by atoms with Gasteiger partial charge in [-0.25, -0.2) is 8.78 Å². The van der Waals surface area contributed by atoms with E-state index in [0.717, 1.165) is 18.9 Å². The molecule has 4 heteroatoms. The number of rotatable bonds is 8. The second-order valence-corrected chi connectivity index (χ2v) is 4.26. The van der Waals surface area contributed by atoms with Crippen molar-refractivity contribution in [1.82, 2.24) is 5.32 Å². The highest BCUT2D eigenvalue weighted by Gasteiger charge is 2.11. The zero-order chi connectivity index (χ0) is 13.4. The van der Waals surface area contributed by atoms with E-state index in [1.807, 2.05) is 14.0 Å². The third kappa shape index (κ3) is 5.10. The largest absolute Gasteiger partial charge is 0.382 e. The molecule has 0 saturated carbocycles. The summed E-state index contributed by atoms with van der Waals surface area (Å²) in [7, 11) is 1.84. The summed E-state index contributed by atoms with van der Waals surface area (Å²) in [6.07, 6.45) is 2.29. The molecule has 1 aromatic rings. The predicted octanol–water partition coefficient (Wildman–Crippen LogP) is 2.91. The SMILES string of the molecule is CCOCCCC(Cc1cc(F)ccc1F)NC. The molecular formula is C14H21F2NO. The van der Waals surface area contributed by atoms with Crippen LogP contribution in [0.2, 0.25) is 0 Å². The van der Waals surface area contributed by atoms with Crippen LogP contribution in [-0.2, 0) is 11.2 Å². The summed E-state index contributed by atoms with van der Waals surface area (Å²) in [6, 6.07) is 3.73. The van der Waals surface area contributed by atoms with E-state index in [9.17, 15) is 8.78 Å². The number of nitrogens with one attached hydrogen (secondary N) is 1. The van der Waals surface area contributed by atoms with Gasteiger partial charge in [0.2, 0.25) is 0 Å². The molecule has 1 aromatic carbocycles. The second kappa shape index (κ2) is 8.16. The Labute approximate surface area is 107 Å². The van der Waals surface area contributed by atoms with E-state index in [2.05, 4.69) is 5.32 Å². The van der Waals surface area contributed by atoms with Crippen molar-refractivity contribution in [2.45, 2.75) is 32.2 Å². The molecule has 1 N–H and O–H groups in total. The van der Waals surface area contributed by atoms with Gasteiger partial charge in [0.05, 0.1) is 0 Å². The van der Waals surface area contributed by atoms with Crippen LogP contribution in [0.25, 0.3) is 0 Å². The first-order chi connectivity index (χ1) is 8.67. The molecule has 1 atom stereocenters. The van der Waals surface area contributed by atoms with Crippen molar-refractivity contribution in [3.05, 3.63) is 35.4 Å². The average Bonchev–Trinajstić information content (AvgIpc) is 2.37. The minimum absolute atomic E-state index is 0.141. The molecule has 1 rings (SSSR count). The number of hydrogen-bond donors (Lipinski definition) is 1. The smallest absolute Gasteiger partial charge is 0.126 e. The summed E-state index contributed by atoms with van der Waals surface area (Å²) in [4.78, 5) is 0. The van der Waals surface area contributed by atoms with Crippen molar-refractivity contribution >= 4 is 0 Å². The molecule has 18 heavy (non-hydrogen) atoms. The van der Waals surface area contributed by atoms with Gasteiger partial charge in [-0.15, -0.1) is 0 Å². The second-order valence-electron chi connectivity index (χ2n) is 4.26. The Morgan fingerprint density at radius 3 is 2.78 bits per heavy atom. The van der Waals surface area contributed by atoms with Crippen LogP contribution in [-0.4, -0.2) is 26.3 Å². The van der Waals surface area contributed by atoms with Gasteiger partial charge in [0.25, 0.3) is 0 Å². The molecule has 0 saturated heterocycles. The Balaban J connectivity index is 2.48. The molecule has 102 valence electrons. The first-order valence-electron chi connectivity index (χ1n) is 6.36. The lowest BCUT2D eigenvalue weighted by molar-refractivity contribution is 0.141. The van der Waals surface area contributed by atoms with Crippen LogP contribution in [0.3, 0.4) is 0 Å². The van der Waals surface area contributed by atoms with Crippen LogP contribution in [0.1, 0.15) is 25.3 Å². The van der Waals surface area contributed by atoms with Crippen LogP contribution < -0.4 is 5.32 Å². The van der Waals surface area contributed by atoms with Crippen LogP contribution >= 0.6 is 0 Å². The van der Waals surface area contributed by atoms with Gasteiger partial charge in [0.1, 0.15) is 11.6 Å². The Hall–Kier alpha value is -1.00. The molecule has 0 amide bonds. The molecule has 0 radical (unpaired) electrons. The zero-order valence-electron chi connectivity index (χ0n) is 11.0. The van der Waals surface area contributed by atoms with Crippen LogP contribution in [0.15, 0.2) is 18.2 Å². The van der Waals surface area contributed by atoms with Gasteiger partial charge in [-0.05, 0) is 57.0 Å². The van der Waals surface area contributed by atoms with Crippen molar-refractivity contribution in [1.29, 1.82) is 0 Å². The van der Waals surface area contributed by atoms with E-state index < -0.39 is 5.82 Å². The molecule has 1 unspecified atom stereocenters.